The summed E-state index contributed by atoms with van der Waals surface area (Å²) in [5, 5.41) is 5.18. The molecule has 0 fully saturated rings. The molecule has 4 nitrogen and oxygen atoms in total. The molecular formula is C12H9N3O. The maximum atomic E-state index is 10.7. The third kappa shape index (κ3) is 1.24. The second-order valence-electron chi connectivity index (χ2n) is 3.53. The minimum absolute atomic E-state index is 0.578. The molecule has 1 aromatic carbocycles. The van der Waals surface area contributed by atoms with Crippen LogP contribution in [0.1, 0.15) is 10.5 Å². The average Bonchev–Trinajstić information content (AvgIpc) is 2.97. The Morgan fingerprint density at radius 1 is 1.31 bits per heavy atom. The minimum atomic E-state index is 0.578. The number of fused-ring (bicyclic) bond motifs is 1. The first-order valence-electron chi connectivity index (χ1n) is 4.95. The largest absolute Gasteiger partial charge is 0.352 e. The van der Waals surface area contributed by atoms with E-state index in [0.29, 0.717) is 5.69 Å². The molecule has 0 radical (unpaired) electrons. The molecule has 2 aromatic heterocycles. The van der Waals surface area contributed by atoms with Crippen LogP contribution in [0.3, 0.4) is 0 Å². The normalized spacial score (nSPS) is 10.8. The molecule has 0 aliphatic rings. The van der Waals surface area contributed by atoms with E-state index in [2.05, 4.69) is 10.1 Å². The van der Waals surface area contributed by atoms with Crippen molar-refractivity contribution < 1.29 is 4.79 Å². The van der Waals surface area contributed by atoms with Gasteiger partial charge in [-0.2, -0.15) is 5.10 Å². The zero-order valence-corrected chi connectivity index (χ0v) is 8.42. The van der Waals surface area contributed by atoms with E-state index in [0.717, 1.165) is 22.9 Å². The van der Waals surface area contributed by atoms with E-state index in [-0.39, 0.29) is 0 Å². The van der Waals surface area contributed by atoms with Gasteiger partial charge in [-0.3, -0.25) is 4.79 Å². The van der Waals surface area contributed by atoms with Gasteiger partial charge in [0, 0.05) is 23.3 Å². The lowest BCUT2D eigenvalue weighted by atomic mass is 10.2. The van der Waals surface area contributed by atoms with Crippen LogP contribution in [0.15, 0.2) is 42.7 Å². The second-order valence-corrected chi connectivity index (χ2v) is 3.53. The predicted octanol–water partition coefficient (Wildman–Crippen LogP) is 2.17. The van der Waals surface area contributed by atoms with Crippen molar-refractivity contribution >= 4 is 17.2 Å². The smallest absolute Gasteiger partial charge is 0.166 e. The number of aromatic amines is 1. The zero-order valence-electron chi connectivity index (χ0n) is 8.42. The van der Waals surface area contributed by atoms with E-state index in [4.69, 9.17) is 0 Å². The number of H-pyrrole nitrogens is 1. The highest BCUT2D eigenvalue weighted by Gasteiger charge is 2.06. The Bertz CT molecular complexity index is 637. The van der Waals surface area contributed by atoms with Crippen LogP contribution >= 0.6 is 0 Å². The fourth-order valence-corrected chi connectivity index (χ4v) is 1.84. The van der Waals surface area contributed by atoms with Crippen molar-refractivity contribution in [3.8, 4) is 5.69 Å². The number of rotatable bonds is 2. The maximum Gasteiger partial charge on any atom is 0.166 e. The molecule has 78 valence electrons. The van der Waals surface area contributed by atoms with Crippen LogP contribution in [0.25, 0.3) is 16.6 Å². The van der Waals surface area contributed by atoms with E-state index in [9.17, 15) is 4.79 Å². The van der Waals surface area contributed by atoms with Crippen molar-refractivity contribution in [2.24, 2.45) is 0 Å². The summed E-state index contributed by atoms with van der Waals surface area (Å²) in [7, 11) is 0. The van der Waals surface area contributed by atoms with Crippen LogP contribution < -0.4 is 0 Å². The molecular weight excluding hydrogens is 202 g/mol. The average molecular weight is 211 g/mol. The van der Waals surface area contributed by atoms with Crippen molar-refractivity contribution in [1.29, 1.82) is 0 Å². The summed E-state index contributed by atoms with van der Waals surface area (Å²) in [4.78, 5) is 13.8. The third-order valence-corrected chi connectivity index (χ3v) is 2.54. The number of nitrogens with one attached hydrogen (secondary N) is 1. The molecule has 4 heteroatoms. The molecule has 16 heavy (non-hydrogen) atoms. The SMILES string of the molecule is O=Cc1cc2c(-n3cccn3)cccc2[nH]1. The van der Waals surface area contributed by atoms with Gasteiger partial charge < -0.3 is 4.98 Å². The Balaban J connectivity index is 2.32. The van der Waals surface area contributed by atoms with Crippen LogP contribution in [-0.2, 0) is 0 Å². The van der Waals surface area contributed by atoms with E-state index in [1.165, 1.54) is 0 Å². The van der Waals surface area contributed by atoms with Crippen molar-refractivity contribution in [3.05, 3.63) is 48.4 Å². The summed E-state index contributed by atoms with van der Waals surface area (Å²) in [6, 6.07) is 9.54. The quantitative estimate of drug-likeness (QED) is 0.660. The van der Waals surface area contributed by atoms with E-state index in [1.54, 1.807) is 10.9 Å². The Morgan fingerprint density at radius 2 is 2.25 bits per heavy atom. The molecule has 0 amide bonds. The topological polar surface area (TPSA) is 50.7 Å². The van der Waals surface area contributed by atoms with E-state index >= 15 is 0 Å². The number of hydrogen-bond acceptors (Lipinski definition) is 2. The molecule has 0 atom stereocenters. The van der Waals surface area contributed by atoms with Gasteiger partial charge in [0.2, 0.25) is 0 Å². The van der Waals surface area contributed by atoms with Crippen molar-refractivity contribution in [3.63, 3.8) is 0 Å². The number of carbonyl (C=O) groups is 1. The number of aldehydes is 1. The standard InChI is InChI=1S/C12H9N3O/c16-8-9-7-10-11(14-9)3-1-4-12(10)15-6-2-5-13-15/h1-8,14H. The molecule has 1 N–H and O–H groups in total. The van der Waals surface area contributed by atoms with Gasteiger partial charge in [-0.15, -0.1) is 0 Å². The van der Waals surface area contributed by atoms with Gasteiger partial charge in [0.05, 0.1) is 11.4 Å². The monoisotopic (exact) mass is 211 g/mol. The molecule has 0 spiro atoms. The van der Waals surface area contributed by atoms with Gasteiger partial charge in [0.15, 0.2) is 6.29 Å². The highest BCUT2D eigenvalue weighted by Crippen LogP contribution is 2.21. The third-order valence-electron chi connectivity index (χ3n) is 2.54. The Hall–Kier alpha value is -2.36. The van der Waals surface area contributed by atoms with Gasteiger partial charge in [-0.1, -0.05) is 6.07 Å². The molecule has 0 saturated carbocycles. The number of hydrogen-bond donors (Lipinski definition) is 1. The molecule has 0 saturated heterocycles. The lowest BCUT2D eigenvalue weighted by Gasteiger charge is -2.02. The van der Waals surface area contributed by atoms with Crippen LogP contribution in [0, 0.1) is 0 Å². The molecule has 0 aliphatic heterocycles. The van der Waals surface area contributed by atoms with Crippen LogP contribution in [-0.4, -0.2) is 21.1 Å². The van der Waals surface area contributed by atoms with Gasteiger partial charge in [-0.05, 0) is 24.3 Å². The summed E-state index contributed by atoms with van der Waals surface area (Å²) in [5.74, 6) is 0. The second kappa shape index (κ2) is 3.34. The summed E-state index contributed by atoms with van der Waals surface area (Å²) in [6.07, 6.45) is 4.42. The molecule has 0 unspecified atom stereocenters. The highest BCUT2D eigenvalue weighted by atomic mass is 16.1. The first-order chi connectivity index (χ1) is 7.88. The van der Waals surface area contributed by atoms with Crippen molar-refractivity contribution in [2.75, 3.05) is 0 Å². The number of aromatic nitrogens is 3. The number of carbonyl (C=O) groups excluding carboxylic acids is 1. The first kappa shape index (κ1) is 8.91. The summed E-state index contributed by atoms with van der Waals surface area (Å²) >= 11 is 0. The zero-order chi connectivity index (χ0) is 11.0. The molecule has 3 aromatic rings. The summed E-state index contributed by atoms with van der Waals surface area (Å²) < 4.78 is 1.78. The van der Waals surface area contributed by atoms with E-state index in [1.807, 2.05) is 36.5 Å². The Labute approximate surface area is 91.5 Å². The summed E-state index contributed by atoms with van der Waals surface area (Å²) in [6.45, 7) is 0. The van der Waals surface area contributed by atoms with Gasteiger partial charge in [0.1, 0.15) is 0 Å². The van der Waals surface area contributed by atoms with Gasteiger partial charge >= 0.3 is 0 Å². The molecule has 3 rings (SSSR count). The summed E-state index contributed by atoms with van der Waals surface area (Å²) in [5.41, 5.74) is 2.48. The molecule has 2 heterocycles. The number of nitrogens with zero attached hydrogens (tertiary/aromatic N) is 2. The van der Waals surface area contributed by atoms with Gasteiger partial charge in [0.25, 0.3) is 0 Å². The van der Waals surface area contributed by atoms with Gasteiger partial charge in [-0.25, -0.2) is 4.68 Å². The predicted molar refractivity (Wildman–Crippen MR) is 60.8 cm³/mol. The number of benzene rings is 1. The Kier molecular flexibility index (Phi) is 1.86. The fourth-order valence-electron chi connectivity index (χ4n) is 1.84. The fraction of sp³-hybridized carbons (Fsp3) is 0. The first-order valence-corrected chi connectivity index (χ1v) is 4.95. The molecule has 0 aliphatic carbocycles. The maximum absolute atomic E-state index is 10.7. The lowest BCUT2D eigenvalue weighted by Crippen LogP contribution is -1.93. The Morgan fingerprint density at radius 3 is 3.00 bits per heavy atom. The van der Waals surface area contributed by atoms with Crippen LogP contribution in [0.4, 0.5) is 0 Å². The minimum Gasteiger partial charge on any atom is -0.352 e. The molecule has 0 bridgehead atoms. The van der Waals surface area contributed by atoms with Crippen molar-refractivity contribution in [2.45, 2.75) is 0 Å². The van der Waals surface area contributed by atoms with Crippen molar-refractivity contribution in [1.82, 2.24) is 14.8 Å². The van der Waals surface area contributed by atoms with Crippen LogP contribution in [0.2, 0.25) is 0 Å². The van der Waals surface area contributed by atoms with E-state index < -0.39 is 0 Å². The lowest BCUT2D eigenvalue weighted by molar-refractivity contribution is 0.112. The van der Waals surface area contributed by atoms with Crippen LogP contribution in [0.5, 0.6) is 0 Å². The highest BCUT2D eigenvalue weighted by molar-refractivity contribution is 5.93.